The van der Waals surface area contributed by atoms with E-state index < -0.39 is 5.97 Å². The summed E-state index contributed by atoms with van der Waals surface area (Å²) in [6.07, 6.45) is 5.13. The summed E-state index contributed by atoms with van der Waals surface area (Å²) in [6.45, 7) is 0. The predicted octanol–water partition coefficient (Wildman–Crippen LogP) is 3.29. The van der Waals surface area contributed by atoms with Crippen LogP contribution in [0.5, 0.6) is 0 Å². The second kappa shape index (κ2) is 9.30. The van der Waals surface area contributed by atoms with Crippen molar-refractivity contribution < 1.29 is 14.7 Å². The van der Waals surface area contributed by atoms with Crippen molar-refractivity contribution in [2.24, 2.45) is 11.0 Å². The van der Waals surface area contributed by atoms with E-state index in [1.165, 1.54) is 5.57 Å². The topological polar surface area (TPSA) is 72.8 Å². The number of hydrogen-bond donors (Lipinski definition) is 0. The molecule has 2 aliphatic rings. The summed E-state index contributed by atoms with van der Waals surface area (Å²) in [5.41, 5.74) is 4.34. The van der Waals surface area contributed by atoms with Gasteiger partial charge in [-0.05, 0) is 42.0 Å². The Bertz CT molecular complexity index is 972. The number of carbonyl (C=O) groups excluding carboxylic acids is 2. The number of carbonyl (C=O) groups is 2. The first-order valence-electron chi connectivity index (χ1n) is 10.1. The third-order valence-electron chi connectivity index (χ3n) is 5.48. The maximum absolute atomic E-state index is 13.0. The van der Waals surface area contributed by atoms with Crippen LogP contribution < -0.4 is 5.11 Å². The van der Waals surface area contributed by atoms with Crippen LogP contribution in [0.2, 0.25) is 0 Å². The Morgan fingerprint density at radius 3 is 2.47 bits per heavy atom. The number of thioether (sulfide) groups is 1. The van der Waals surface area contributed by atoms with Gasteiger partial charge in [-0.3, -0.25) is 4.79 Å². The van der Waals surface area contributed by atoms with Gasteiger partial charge in [-0.15, -0.1) is 11.8 Å². The maximum atomic E-state index is 13.0. The highest BCUT2D eigenvalue weighted by atomic mass is 32.2. The fraction of sp³-hybridized carbons (Fsp3) is 0.292. The molecule has 0 unspecified atom stereocenters. The minimum atomic E-state index is -1.16. The van der Waals surface area contributed by atoms with Crippen LogP contribution in [0, 0.1) is 5.92 Å². The molecule has 0 spiro atoms. The van der Waals surface area contributed by atoms with Gasteiger partial charge in [0.1, 0.15) is 0 Å². The monoisotopic (exact) mass is 419 g/mol. The lowest BCUT2D eigenvalue weighted by Gasteiger charge is -2.29. The smallest absolute Gasteiger partial charge is 0.253 e. The van der Waals surface area contributed by atoms with E-state index in [0.717, 1.165) is 47.9 Å². The van der Waals surface area contributed by atoms with Gasteiger partial charge in [0.05, 0.1) is 23.5 Å². The number of carboxylic acids is 1. The minimum absolute atomic E-state index is 0.0680. The van der Waals surface area contributed by atoms with Gasteiger partial charge in [-0.25, -0.2) is 5.01 Å². The van der Waals surface area contributed by atoms with Crippen molar-refractivity contribution in [2.45, 2.75) is 25.3 Å². The fourth-order valence-corrected chi connectivity index (χ4v) is 4.80. The van der Waals surface area contributed by atoms with Gasteiger partial charge in [-0.2, -0.15) is 5.10 Å². The highest BCUT2D eigenvalue weighted by Crippen LogP contribution is 2.44. The van der Waals surface area contributed by atoms with Crippen molar-refractivity contribution in [3.05, 3.63) is 77.4 Å². The van der Waals surface area contributed by atoms with E-state index in [4.69, 9.17) is 5.10 Å². The Hall–Kier alpha value is -2.86. The summed E-state index contributed by atoms with van der Waals surface area (Å²) in [5, 5.41) is 17.1. The highest BCUT2D eigenvalue weighted by Gasteiger charge is 2.43. The molecule has 2 atom stereocenters. The zero-order valence-electron chi connectivity index (χ0n) is 16.6. The molecular formula is C24H23N2O3S-. The summed E-state index contributed by atoms with van der Waals surface area (Å²) in [4.78, 5) is 23.7. The molecule has 1 aliphatic carbocycles. The lowest BCUT2D eigenvalue weighted by atomic mass is 9.77. The van der Waals surface area contributed by atoms with E-state index in [2.05, 4.69) is 18.2 Å². The van der Waals surface area contributed by atoms with E-state index in [1.54, 1.807) is 5.01 Å². The van der Waals surface area contributed by atoms with Gasteiger partial charge in [0.2, 0.25) is 0 Å². The van der Waals surface area contributed by atoms with Gasteiger partial charge in [0.15, 0.2) is 0 Å². The van der Waals surface area contributed by atoms with Crippen molar-refractivity contribution >= 4 is 35.4 Å². The number of hydrogen-bond acceptors (Lipinski definition) is 5. The molecule has 6 heteroatoms. The largest absolute Gasteiger partial charge is 0.549 e. The number of aliphatic carboxylic acids is 1. The molecule has 5 nitrogen and oxygen atoms in total. The molecular weight excluding hydrogens is 396 g/mol. The predicted molar refractivity (Wildman–Crippen MR) is 118 cm³/mol. The zero-order valence-corrected chi connectivity index (χ0v) is 17.4. The second-order valence-electron chi connectivity index (χ2n) is 7.52. The number of allylic oxidation sites excluding steroid dienone is 1. The third kappa shape index (κ3) is 4.49. The average Bonchev–Trinajstić information content (AvgIpc) is 3.15. The van der Waals surface area contributed by atoms with Crippen LogP contribution in [0.25, 0.3) is 6.08 Å². The molecule has 1 aliphatic heterocycles. The fourth-order valence-electron chi connectivity index (χ4n) is 4.23. The van der Waals surface area contributed by atoms with Crippen molar-refractivity contribution in [2.75, 3.05) is 11.5 Å². The molecule has 30 heavy (non-hydrogen) atoms. The molecule has 0 aromatic heterocycles. The van der Waals surface area contributed by atoms with Gasteiger partial charge in [-0.1, -0.05) is 60.7 Å². The Labute approximate surface area is 180 Å². The quantitative estimate of drug-likeness (QED) is 0.720. The standard InChI is InChI=1S/C24H24N2O3S/c27-21(15-30-16-22(28)29)26-24(18-10-5-2-6-11-18)20-13-7-12-19(23(20)25-26)14-17-8-3-1-4-9-17/h1-6,8-11,14,20,24H,7,12-13,15-16H2,(H,28,29)/p-1/b19-14+/t20-,24+/m0/s1. The van der Waals surface area contributed by atoms with Crippen LogP contribution in [-0.2, 0) is 9.59 Å². The molecule has 1 saturated carbocycles. The summed E-state index contributed by atoms with van der Waals surface area (Å²) >= 11 is 1.05. The number of carboxylic acid groups (broad SMARTS) is 1. The number of benzene rings is 2. The van der Waals surface area contributed by atoms with Crippen LogP contribution in [0.4, 0.5) is 0 Å². The maximum Gasteiger partial charge on any atom is 0.253 e. The Morgan fingerprint density at radius 2 is 1.77 bits per heavy atom. The Morgan fingerprint density at radius 1 is 1.07 bits per heavy atom. The van der Waals surface area contributed by atoms with E-state index in [0.29, 0.717) is 0 Å². The summed E-state index contributed by atoms with van der Waals surface area (Å²) in [5.74, 6) is -1.32. The first kappa shape index (κ1) is 20.4. The molecule has 1 heterocycles. The minimum Gasteiger partial charge on any atom is -0.549 e. The van der Waals surface area contributed by atoms with E-state index in [9.17, 15) is 14.7 Å². The number of nitrogens with zero attached hydrogens (tertiary/aromatic N) is 2. The van der Waals surface area contributed by atoms with E-state index in [-0.39, 0.29) is 29.4 Å². The first-order chi connectivity index (χ1) is 14.6. The summed E-state index contributed by atoms with van der Waals surface area (Å²) < 4.78 is 0. The van der Waals surface area contributed by atoms with Crippen LogP contribution >= 0.6 is 11.8 Å². The second-order valence-corrected chi connectivity index (χ2v) is 8.51. The first-order valence-corrected chi connectivity index (χ1v) is 11.3. The van der Waals surface area contributed by atoms with Crippen LogP contribution in [0.15, 0.2) is 71.3 Å². The van der Waals surface area contributed by atoms with Crippen LogP contribution in [-0.4, -0.2) is 34.1 Å². The highest BCUT2D eigenvalue weighted by molar-refractivity contribution is 8.00. The average molecular weight is 420 g/mol. The lowest BCUT2D eigenvalue weighted by molar-refractivity contribution is -0.301. The number of amides is 1. The molecule has 2 aromatic rings. The Kier molecular flexibility index (Phi) is 6.33. The molecule has 4 rings (SSSR count). The zero-order chi connectivity index (χ0) is 20.9. The van der Waals surface area contributed by atoms with Crippen molar-refractivity contribution in [1.82, 2.24) is 5.01 Å². The van der Waals surface area contributed by atoms with Gasteiger partial charge >= 0.3 is 0 Å². The molecule has 1 fully saturated rings. The van der Waals surface area contributed by atoms with E-state index in [1.807, 2.05) is 48.5 Å². The number of rotatable bonds is 6. The molecule has 0 N–H and O–H groups in total. The molecule has 1 amide bonds. The van der Waals surface area contributed by atoms with Crippen molar-refractivity contribution in [1.29, 1.82) is 0 Å². The normalized spacial score (nSPS) is 21.9. The van der Waals surface area contributed by atoms with Crippen LogP contribution in [0.3, 0.4) is 0 Å². The van der Waals surface area contributed by atoms with Crippen molar-refractivity contribution in [3.63, 3.8) is 0 Å². The van der Waals surface area contributed by atoms with Gasteiger partial charge < -0.3 is 9.90 Å². The summed E-state index contributed by atoms with van der Waals surface area (Å²) in [6, 6.07) is 20.0. The third-order valence-corrected chi connectivity index (χ3v) is 6.37. The number of fused-ring (bicyclic) bond motifs is 1. The van der Waals surface area contributed by atoms with Crippen LogP contribution in [0.1, 0.15) is 36.4 Å². The summed E-state index contributed by atoms with van der Waals surface area (Å²) in [7, 11) is 0. The molecule has 0 saturated heterocycles. The molecule has 0 radical (unpaired) electrons. The Balaban J connectivity index is 1.66. The number of hydrazone groups is 1. The SMILES string of the molecule is O=C([O-])CSCC(=O)N1N=C2/C(=C/c3ccccc3)CCC[C@@H]2[C@H]1c1ccccc1. The molecule has 154 valence electrons. The van der Waals surface area contributed by atoms with Gasteiger partial charge in [0, 0.05) is 11.7 Å². The van der Waals surface area contributed by atoms with Crippen molar-refractivity contribution in [3.8, 4) is 0 Å². The lowest BCUT2D eigenvalue weighted by Crippen LogP contribution is -2.33. The van der Waals surface area contributed by atoms with Gasteiger partial charge in [0.25, 0.3) is 5.91 Å². The molecule has 2 aromatic carbocycles. The van der Waals surface area contributed by atoms with E-state index >= 15 is 0 Å². The molecule has 0 bridgehead atoms.